The van der Waals surface area contributed by atoms with Crippen LogP contribution in [0.3, 0.4) is 0 Å². The van der Waals surface area contributed by atoms with E-state index < -0.39 is 47.6 Å². The zero-order valence-electron chi connectivity index (χ0n) is 46.3. The largest absolute Gasteiger partial charge is 0.478 e. The van der Waals surface area contributed by atoms with Gasteiger partial charge in [0.15, 0.2) is 0 Å². The number of fused-ring (bicyclic) bond motifs is 2. The van der Waals surface area contributed by atoms with Gasteiger partial charge in [-0.15, -0.1) is 0 Å². The number of halogens is 8. The molecule has 14 nitrogen and oxygen atoms in total. The van der Waals surface area contributed by atoms with E-state index >= 15 is 0 Å². The highest BCUT2D eigenvalue weighted by atomic mass is 35.5. The number of aromatic nitrogens is 4. The Balaban J connectivity index is 0.000000216. The van der Waals surface area contributed by atoms with E-state index in [9.17, 15) is 41.8 Å². The maximum Gasteiger partial charge on any atom is 0.337 e. The first-order chi connectivity index (χ1) is 37.8. The van der Waals surface area contributed by atoms with E-state index in [4.69, 9.17) is 51.4 Å². The predicted molar refractivity (Wildman–Crippen MR) is 312 cm³/mol. The van der Waals surface area contributed by atoms with Gasteiger partial charge in [0, 0.05) is 92.5 Å². The molecular weight excluding hydrogens is 1130 g/mol. The van der Waals surface area contributed by atoms with Crippen LogP contribution < -0.4 is 25.8 Å². The number of nitrogens with one attached hydrogen (secondary N) is 3. The van der Waals surface area contributed by atoms with Crippen LogP contribution in [0, 0.1) is 17.8 Å². The third-order valence-electron chi connectivity index (χ3n) is 14.4. The maximum atomic E-state index is 14.3. The molecule has 2 aliphatic rings. The normalized spacial score (nSPS) is 15.0. The average molecular weight is 1200 g/mol. The SMILES string of the molecule is Cc1ccc(NC(=O)c2cc3nc(Cc4c(Cl)ccc(CNC(=O)C(C)(C)C)c4Cl)n(C)c3cc2N2CCC(F)(F)C2)cc1.Cn1c(Cc2c(Cl)ccc(CNC(=O)C(C)(C)C)c2Cl)nc2cc(C(=O)O)c(N3CCC(F)(F)C3)cc21. The first-order valence-electron chi connectivity index (χ1n) is 26.1. The molecule has 81 heavy (non-hydrogen) atoms. The minimum atomic E-state index is -2.87. The Morgan fingerprint density at radius 3 is 1.41 bits per heavy atom. The van der Waals surface area contributed by atoms with Crippen LogP contribution in [-0.4, -0.2) is 85.9 Å². The van der Waals surface area contributed by atoms with Gasteiger partial charge in [-0.2, -0.15) is 0 Å². The third kappa shape index (κ3) is 13.7. The summed E-state index contributed by atoms with van der Waals surface area (Å²) in [5.74, 6) is -6.37. The number of aryl methyl sites for hydroxylation is 3. The van der Waals surface area contributed by atoms with Crippen molar-refractivity contribution in [2.24, 2.45) is 24.9 Å². The molecule has 22 heteroatoms. The van der Waals surface area contributed by atoms with Crippen molar-refractivity contribution in [3.05, 3.63) is 143 Å². The minimum absolute atomic E-state index is 0.0628. The lowest BCUT2D eigenvalue weighted by atomic mass is 9.95. The molecule has 3 amide bonds. The molecule has 2 saturated heterocycles. The average Bonchev–Trinajstić information content (AvgIpc) is 3.58. The number of carboxylic acids is 1. The number of imidazole rings is 2. The highest BCUT2D eigenvalue weighted by Gasteiger charge is 2.41. The van der Waals surface area contributed by atoms with Crippen molar-refractivity contribution >= 4 is 109 Å². The minimum Gasteiger partial charge on any atom is -0.478 e. The molecule has 4 N–H and O–H groups in total. The number of aromatic carboxylic acids is 1. The van der Waals surface area contributed by atoms with Crippen LogP contribution in [0.1, 0.15) is 115 Å². The van der Waals surface area contributed by atoms with Crippen molar-refractivity contribution in [3.63, 3.8) is 0 Å². The molecule has 2 aromatic heterocycles. The van der Waals surface area contributed by atoms with Crippen LogP contribution in [-0.2, 0) is 49.6 Å². The lowest BCUT2D eigenvalue weighted by molar-refractivity contribution is -0.129. The van der Waals surface area contributed by atoms with Crippen molar-refractivity contribution in [1.29, 1.82) is 0 Å². The second-order valence-electron chi connectivity index (χ2n) is 22.8. The fourth-order valence-electron chi connectivity index (χ4n) is 9.55. The summed E-state index contributed by atoms with van der Waals surface area (Å²) in [6, 6.07) is 20.7. The first kappa shape index (κ1) is 60.5. The molecule has 0 radical (unpaired) electrons. The summed E-state index contributed by atoms with van der Waals surface area (Å²) in [5, 5.41) is 20.1. The van der Waals surface area contributed by atoms with E-state index in [1.807, 2.05) is 72.2 Å². The number of rotatable bonds is 13. The highest BCUT2D eigenvalue weighted by molar-refractivity contribution is 6.37. The number of amides is 3. The number of carboxylic acid groups (broad SMARTS) is 1. The predicted octanol–water partition coefficient (Wildman–Crippen LogP) is 13.2. The maximum absolute atomic E-state index is 14.3. The molecule has 0 spiro atoms. The molecule has 9 rings (SSSR count). The Bertz CT molecular complexity index is 3610. The number of hydrogen-bond acceptors (Lipinski definition) is 8. The Labute approximate surface area is 487 Å². The third-order valence-corrected chi connectivity index (χ3v) is 16.1. The molecule has 4 heterocycles. The molecule has 7 aromatic rings. The fourth-order valence-corrected chi connectivity index (χ4v) is 10.7. The number of hydrogen-bond donors (Lipinski definition) is 4. The lowest BCUT2D eigenvalue weighted by Gasteiger charge is -2.22. The molecule has 5 aromatic carbocycles. The Hall–Kier alpha value is -6.60. The van der Waals surface area contributed by atoms with Crippen LogP contribution in [0.2, 0.25) is 20.1 Å². The number of anilines is 3. The highest BCUT2D eigenvalue weighted by Crippen LogP contribution is 2.39. The smallest absolute Gasteiger partial charge is 0.337 e. The molecule has 0 atom stereocenters. The van der Waals surface area contributed by atoms with Gasteiger partial charge in [0.2, 0.25) is 11.8 Å². The van der Waals surface area contributed by atoms with Crippen LogP contribution in [0.25, 0.3) is 22.1 Å². The van der Waals surface area contributed by atoms with E-state index in [0.717, 1.165) is 11.1 Å². The number of nitrogens with zero attached hydrogens (tertiary/aromatic N) is 6. The molecular formula is C59H63Cl4F4N9O5. The van der Waals surface area contributed by atoms with Crippen molar-refractivity contribution in [1.82, 2.24) is 29.7 Å². The molecule has 0 saturated carbocycles. The summed E-state index contributed by atoms with van der Waals surface area (Å²) >= 11 is 26.6. The number of benzene rings is 5. The van der Waals surface area contributed by atoms with E-state index in [-0.39, 0.29) is 80.5 Å². The van der Waals surface area contributed by atoms with Gasteiger partial charge in [0.05, 0.1) is 67.7 Å². The quantitative estimate of drug-likeness (QED) is 0.0822. The van der Waals surface area contributed by atoms with Gasteiger partial charge in [-0.1, -0.05) is 118 Å². The first-order valence-corrected chi connectivity index (χ1v) is 27.7. The second kappa shape index (κ2) is 23.3. The van der Waals surface area contributed by atoms with Crippen molar-refractivity contribution in [3.8, 4) is 0 Å². The van der Waals surface area contributed by atoms with Gasteiger partial charge >= 0.3 is 5.97 Å². The topological polar surface area (TPSA) is 167 Å². The van der Waals surface area contributed by atoms with Gasteiger partial charge in [-0.3, -0.25) is 14.4 Å². The zero-order chi connectivity index (χ0) is 59.3. The van der Waals surface area contributed by atoms with Crippen molar-refractivity contribution < 1.29 is 41.8 Å². The molecule has 2 fully saturated rings. The molecule has 430 valence electrons. The second-order valence-corrected chi connectivity index (χ2v) is 24.4. The Morgan fingerprint density at radius 2 is 1.02 bits per heavy atom. The Morgan fingerprint density at radius 1 is 0.617 bits per heavy atom. The molecule has 2 aliphatic heterocycles. The van der Waals surface area contributed by atoms with Gasteiger partial charge in [0.1, 0.15) is 11.6 Å². The number of carbonyl (C=O) groups is 4. The molecule has 0 bridgehead atoms. The monoisotopic (exact) mass is 1190 g/mol. The van der Waals surface area contributed by atoms with Crippen LogP contribution >= 0.6 is 46.4 Å². The van der Waals surface area contributed by atoms with E-state index in [2.05, 4.69) is 20.9 Å². The zero-order valence-corrected chi connectivity index (χ0v) is 49.3. The fraction of sp³-hybridized carbons (Fsp3) is 0.390. The van der Waals surface area contributed by atoms with Crippen molar-refractivity contribution in [2.75, 3.05) is 41.3 Å². The summed E-state index contributed by atoms with van der Waals surface area (Å²) in [6.45, 7) is 12.6. The van der Waals surface area contributed by atoms with Gasteiger partial charge in [-0.05, 0) is 77.7 Å². The molecule has 0 aliphatic carbocycles. The van der Waals surface area contributed by atoms with Crippen LogP contribution in [0.4, 0.5) is 34.6 Å². The number of alkyl halides is 4. The van der Waals surface area contributed by atoms with Gasteiger partial charge in [0.25, 0.3) is 17.8 Å². The molecule has 0 unspecified atom stereocenters. The standard InChI is InChI=1S/C33H35Cl2F2N5O2.C26H28Cl2F2N4O3/c1-19-6-9-21(10-7-19)39-30(43)23-14-25-27(16-26(23)42-13-12-33(36,37)18-42)41(5)28(40-25)15-22-24(34)11-8-20(29(22)35)17-38-31(44)32(2,3)4;1-25(2,3)24(37)31-12-14-5-6-17(27)15(22(14)28)10-21-32-18-9-16(23(35)36)19(11-20(18)33(21)4)34-8-7-26(29,30)13-34/h6-11,14,16H,12-13,15,17-18H2,1-5H3,(H,38,44)(H,39,43);5-6,9,11H,7-8,10,12-13H2,1-4H3,(H,31,37)(H,35,36). The van der Waals surface area contributed by atoms with E-state index in [1.165, 1.54) is 11.0 Å². The summed E-state index contributed by atoms with van der Waals surface area (Å²) in [6.07, 6.45) is -0.107. The number of carbonyl (C=O) groups excluding carboxylic acids is 3. The van der Waals surface area contributed by atoms with Crippen LogP contribution in [0.15, 0.2) is 72.8 Å². The van der Waals surface area contributed by atoms with E-state index in [0.29, 0.717) is 81.9 Å². The van der Waals surface area contributed by atoms with Crippen molar-refractivity contribution in [2.45, 2.75) is 99.1 Å². The lowest BCUT2D eigenvalue weighted by Crippen LogP contribution is -2.34. The summed E-state index contributed by atoms with van der Waals surface area (Å²) in [4.78, 5) is 62.6. The Kier molecular flexibility index (Phi) is 17.4. The van der Waals surface area contributed by atoms with E-state index in [1.54, 1.807) is 71.1 Å². The summed E-state index contributed by atoms with van der Waals surface area (Å²) in [5.41, 5.74) is 6.29. The van der Waals surface area contributed by atoms with Gasteiger partial charge < -0.3 is 40.0 Å². The summed E-state index contributed by atoms with van der Waals surface area (Å²) in [7, 11) is 3.59. The van der Waals surface area contributed by atoms with Gasteiger partial charge in [-0.25, -0.2) is 32.3 Å². The van der Waals surface area contributed by atoms with Crippen LogP contribution in [0.5, 0.6) is 0 Å². The summed E-state index contributed by atoms with van der Waals surface area (Å²) < 4.78 is 59.9.